The maximum absolute atomic E-state index is 12.8. The van der Waals surface area contributed by atoms with Crippen LogP contribution in [0.1, 0.15) is 37.2 Å². The van der Waals surface area contributed by atoms with E-state index in [1.165, 1.54) is 12.1 Å². The van der Waals surface area contributed by atoms with Crippen LogP contribution < -0.4 is 5.32 Å². The Labute approximate surface area is 117 Å². The summed E-state index contributed by atoms with van der Waals surface area (Å²) in [7, 11) is 0. The minimum atomic E-state index is -0.262. The first-order valence-corrected chi connectivity index (χ1v) is 6.72. The monoisotopic (exact) mass is 275 g/mol. The zero-order valence-corrected chi connectivity index (χ0v) is 11.4. The molecule has 1 aromatic carbocycles. The molecule has 106 valence electrons. The van der Waals surface area contributed by atoms with Gasteiger partial charge in [-0.2, -0.15) is 0 Å². The molecule has 1 unspecified atom stereocenters. The van der Waals surface area contributed by atoms with Crippen molar-refractivity contribution < 1.29 is 9.18 Å². The SMILES string of the molecule is CCC(NC(=O)CCc1ccc(F)cc1)c1ncc[nH]1. The molecule has 1 atom stereocenters. The second-order valence-corrected chi connectivity index (χ2v) is 4.63. The number of amides is 1. The van der Waals surface area contributed by atoms with E-state index in [0.29, 0.717) is 12.8 Å². The molecule has 0 bridgehead atoms. The number of nitrogens with zero attached hydrogens (tertiary/aromatic N) is 1. The summed E-state index contributed by atoms with van der Waals surface area (Å²) in [6, 6.07) is 6.13. The molecule has 2 rings (SSSR count). The van der Waals surface area contributed by atoms with Gasteiger partial charge in [-0.25, -0.2) is 9.37 Å². The van der Waals surface area contributed by atoms with Crippen LogP contribution in [0.2, 0.25) is 0 Å². The minimum absolute atomic E-state index is 0.0300. The van der Waals surface area contributed by atoms with Crippen LogP contribution in [0.3, 0.4) is 0 Å². The van der Waals surface area contributed by atoms with Crippen molar-refractivity contribution >= 4 is 5.91 Å². The van der Waals surface area contributed by atoms with E-state index in [4.69, 9.17) is 0 Å². The van der Waals surface area contributed by atoms with E-state index in [0.717, 1.165) is 17.8 Å². The van der Waals surface area contributed by atoms with Gasteiger partial charge in [0.05, 0.1) is 6.04 Å². The highest BCUT2D eigenvalue weighted by molar-refractivity contribution is 5.76. The molecule has 4 nitrogen and oxygen atoms in total. The number of rotatable bonds is 6. The summed E-state index contributed by atoms with van der Waals surface area (Å²) in [6.45, 7) is 1.99. The molecule has 0 saturated carbocycles. The lowest BCUT2D eigenvalue weighted by molar-refractivity contribution is -0.121. The van der Waals surface area contributed by atoms with Gasteiger partial charge in [0.25, 0.3) is 0 Å². The molecule has 0 spiro atoms. The molecule has 0 aliphatic carbocycles. The summed E-state index contributed by atoms with van der Waals surface area (Å²) in [6.07, 6.45) is 5.16. The van der Waals surface area contributed by atoms with Crippen molar-refractivity contribution in [3.8, 4) is 0 Å². The predicted molar refractivity (Wildman–Crippen MR) is 74.5 cm³/mol. The molecule has 5 heteroatoms. The topological polar surface area (TPSA) is 57.8 Å². The maximum Gasteiger partial charge on any atom is 0.220 e. The first-order valence-electron chi connectivity index (χ1n) is 6.72. The lowest BCUT2D eigenvalue weighted by atomic mass is 10.1. The highest BCUT2D eigenvalue weighted by Gasteiger charge is 2.14. The predicted octanol–water partition coefficient (Wildman–Crippen LogP) is 2.75. The van der Waals surface area contributed by atoms with Crippen LogP contribution in [0.15, 0.2) is 36.7 Å². The number of aromatic amines is 1. The number of nitrogens with one attached hydrogen (secondary N) is 2. The van der Waals surface area contributed by atoms with Crippen LogP contribution in [0.4, 0.5) is 4.39 Å². The Bertz CT molecular complexity index is 537. The molecular formula is C15H18FN3O. The molecule has 20 heavy (non-hydrogen) atoms. The Morgan fingerprint density at radius 3 is 2.75 bits per heavy atom. The van der Waals surface area contributed by atoms with Crippen molar-refractivity contribution in [3.05, 3.63) is 53.9 Å². The zero-order valence-electron chi connectivity index (χ0n) is 11.4. The molecular weight excluding hydrogens is 257 g/mol. The molecule has 0 radical (unpaired) electrons. The third-order valence-electron chi connectivity index (χ3n) is 3.15. The van der Waals surface area contributed by atoms with E-state index in [9.17, 15) is 9.18 Å². The molecule has 0 fully saturated rings. The number of carbonyl (C=O) groups excluding carboxylic acids is 1. The van der Waals surface area contributed by atoms with Gasteiger partial charge in [0.1, 0.15) is 11.6 Å². The fraction of sp³-hybridized carbons (Fsp3) is 0.333. The van der Waals surface area contributed by atoms with Crippen molar-refractivity contribution in [1.29, 1.82) is 0 Å². The fourth-order valence-corrected chi connectivity index (χ4v) is 2.01. The van der Waals surface area contributed by atoms with Crippen LogP contribution in [0.5, 0.6) is 0 Å². The normalized spacial score (nSPS) is 12.1. The Kier molecular flexibility index (Phi) is 4.87. The Hall–Kier alpha value is -2.17. The average molecular weight is 275 g/mol. The van der Waals surface area contributed by atoms with Gasteiger partial charge in [-0.05, 0) is 30.5 Å². The van der Waals surface area contributed by atoms with Gasteiger partial charge in [-0.1, -0.05) is 19.1 Å². The van der Waals surface area contributed by atoms with Crippen molar-refractivity contribution in [2.75, 3.05) is 0 Å². The van der Waals surface area contributed by atoms with Crippen molar-refractivity contribution in [3.63, 3.8) is 0 Å². The van der Waals surface area contributed by atoms with E-state index in [1.54, 1.807) is 24.5 Å². The van der Waals surface area contributed by atoms with Gasteiger partial charge in [-0.15, -0.1) is 0 Å². The smallest absolute Gasteiger partial charge is 0.220 e. The zero-order chi connectivity index (χ0) is 14.4. The van der Waals surface area contributed by atoms with Gasteiger partial charge in [-0.3, -0.25) is 4.79 Å². The van der Waals surface area contributed by atoms with Crippen molar-refractivity contribution in [2.45, 2.75) is 32.2 Å². The maximum atomic E-state index is 12.8. The quantitative estimate of drug-likeness (QED) is 0.851. The van der Waals surface area contributed by atoms with Gasteiger partial charge in [0, 0.05) is 18.8 Å². The summed E-state index contributed by atoms with van der Waals surface area (Å²) in [5.41, 5.74) is 0.951. The number of aryl methyl sites for hydroxylation is 1. The van der Waals surface area contributed by atoms with Crippen LogP contribution in [-0.2, 0) is 11.2 Å². The van der Waals surface area contributed by atoms with Crippen molar-refractivity contribution in [2.24, 2.45) is 0 Å². The first-order chi connectivity index (χ1) is 9.69. The lowest BCUT2D eigenvalue weighted by Crippen LogP contribution is -2.29. The highest BCUT2D eigenvalue weighted by atomic mass is 19.1. The summed E-state index contributed by atoms with van der Waals surface area (Å²) in [5, 5.41) is 2.94. The van der Waals surface area contributed by atoms with E-state index in [-0.39, 0.29) is 17.8 Å². The number of carbonyl (C=O) groups is 1. The first kappa shape index (κ1) is 14.2. The number of imidazole rings is 1. The third-order valence-corrected chi connectivity index (χ3v) is 3.15. The Morgan fingerprint density at radius 1 is 1.40 bits per heavy atom. The summed E-state index contributed by atoms with van der Waals surface area (Å²) >= 11 is 0. The van der Waals surface area contributed by atoms with E-state index in [1.807, 2.05) is 6.92 Å². The molecule has 2 N–H and O–H groups in total. The number of halogens is 1. The van der Waals surface area contributed by atoms with E-state index in [2.05, 4.69) is 15.3 Å². The second kappa shape index (κ2) is 6.84. The summed E-state index contributed by atoms with van der Waals surface area (Å²) < 4.78 is 12.8. The number of H-pyrrole nitrogens is 1. The standard InChI is InChI=1S/C15H18FN3O/c1-2-13(15-17-9-10-18-15)19-14(20)8-5-11-3-6-12(16)7-4-11/h3-4,6-7,9-10,13H,2,5,8H2,1H3,(H,17,18)(H,19,20). The highest BCUT2D eigenvalue weighted by Crippen LogP contribution is 2.12. The largest absolute Gasteiger partial charge is 0.347 e. The van der Waals surface area contributed by atoms with Gasteiger partial charge < -0.3 is 10.3 Å². The van der Waals surface area contributed by atoms with Gasteiger partial charge >= 0.3 is 0 Å². The van der Waals surface area contributed by atoms with Crippen LogP contribution in [0.25, 0.3) is 0 Å². The fourth-order valence-electron chi connectivity index (χ4n) is 2.01. The number of aromatic nitrogens is 2. The van der Waals surface area contributed by atoms with Gasteiger partial charge in [0.15, 0.2) is 0 Å². The number of hydrogen-bond donors (Lipinski definition) is 2. The van der Waals surface area contributed by atoms with Crippen LogP contribution in [-0.4, -0.2) is 15.9 Å². The Balaban J connectivity index is 1.84. The van der Waals surface area contributed by atoms with Crippen LogP contribution >= 0.6 is 0 Å². The van der Waals surface area contributed by atoms with E-state index >= 15 is 0 Å². The molecule has 0 aliphatic heterocycles. The molecule has 2 aromatic rings. The van der Waals surface area contributed by atoms with E-state index < -0.39 is 0 Å². The third kappa shape index (κ3) is 3.91. The second-order valence-electron chi connectivity index (χ2n) is 4.63. The summed E-state index contributed by atoms with van der Waals surface area (Å²) in [4.78, 5) is 19.1. The molecule has 0 saturated heterocycles. The lowest BCUT2D eigenvalue weighted by Gasteiger charge is -2.14. The molecule has 1 aromatic heterocycles. The molecule has 1 amide bonds. The molecule has 1 heterocycles. The Morgan fingerprint density at radius 2 is 2.15 bits per heavy atom. The van der Waals surface area contributed by atoms with Crippen LogP contribution in [0, 0.1) is 5.82 Å². The number of hydrogen-bond acceptors (Lipinski definition) is 2. The van der Waals surface area contributed by atoms with Crippen molar-refractivity contribution in [1.82, 2.24) is 15.3 Å². The number of benzene rings is 1. The minimum Gasteiger partial charge on any atom is -0.347 e. The molecule has 0 aliphatic rings. The average Bonchev–Trinajstić information content (AvgIpc) is 2.98. The van der Waals surface area contributed by atoms with Gasteiger partial charge in [0.2, 0.25) is 5.91 Å². The summed E-state index contributed by atoms with van der Waals surface area (Å²) in [5.74, 6) is 0.474.